The van der Waals surface area contributed by atoms with Gasteiger partial charge in [-0.15, -0.1) is 0 Å². The molecule has 2 rings (SSSR count). The number of benzene rings is 1. The Hall–Kier alpha value is -0.870. The van der Waals surface area contributed by atoms with Crippen LogP contribution in [0.4, 0.5) is 0 Å². The summed E-state index contributed by atoms with van der Waals surface area (Å²) in [5.74, 6) is 0.986. The molecule has 1 aromatic rings. The Kier molecular flexibility index (Phi) is 4.07. The second-order valence-electron chi connectivity index (χ2n) is 5.31. The van der Waals surface area contributed by atoms with Crippen LogP contribution in [0.15, 0.2) is 35.2 Å². The van der Waals surface area contributed by atoms with Crippen molar-refractivity contribution in [1.29, 1.82) is 0 Å². The SMILES string of the molecule is C[C@H]1[C@H](C)CCC[C@H]1NS(=O)(=O)c1ccccc1. The lowest BCUT2D eigenvalue weighted by molar-refractivity contribution is 0.227. The molecule has 0 aliphatic heterocycles. The summed E-state index contributed by atoms with van der Waals surface area (Å²) in [6.45, 7) is 4.34. The maximum Gasteiger partial charge on any atom is 0.240 e. The average Bonchev–Trinajstić information content (AvgIpc) is 2.36. The first-order valence-corrected chi connectivity index (χ1v) is 8.06. The van der Waals surface area contributed by atoms with E-state index in [2.05, 4.69) is 18.6 Å². The molecule has 4 heteroatoms. The van der Waals surface area contributed by atoms with Gasteiger partial charge in [-0.2, -0.15) is 0 Å². The van der Waals surface area contributed by atoms with Gasteiger partial charge in [0.25, 0.3) is 0 Å². The first kappa shape index (κ1) is 13.6. The van der Waals surface area contributed by atoms with Gasteiger partial charge in [0.15, 0.2) is 0 Å². The summed E-state index contributed by atoms with van der Waals surface area (Å²) in [5, 5.41) is 0. The highest BCUT2D eigenvalue weighted by Crippen LogP contribution is 2.30. The highest BCUT2D eigenvalue weighted by atomic mass is 32.2. The van der Waals surface area contributed by atoms with Gasteiger partial charge in [-0.3, -0.25) is 0 Å². The third kappa shape index (κ3) is 2.93. The second-order valence-corrected chi connectivity index (χ2v) is 7.02. The third-order valence-electron chi connectivity index (χ3n) is 4.07. The van der Waals surface area contributed by atoms with Crippen LogP contribution in [0.25, 0.3) is 0 Å². The lowest BCUT2D eigenvalue weighted by Gasteiger charge is -2.34. The van der Waals surface area contributed by atoms with Gasteiger partial charge in [-0.25, -0.2) is 13.1 Å². The van der Waals surface area contributed by atoms with Crippen LogP contribution in [-0.4, -0.2) is 14.5 Å². The molecule has 0 bridgehead atoms. The van der Waals surface area contributed by atoms with Crippen molar-refractivity contribution in [2.24, 2.45) is 11.8 Å². The predicted molar refractivity (Wildman–Crippen MR) is 72.7 cm³/mol. The molecule has 0 unspecified atom stereocenters. The average molecular weight is 267 g/mol. The number of hydrogen-bond donors (Lipinski definition) is 1. The van der Waals surface area contributed by atoms with E-state index < -0.39 is 10.0 Å². The quantitative estimate of drug-likeness (QED) is 0.915. The fraction of sp³-hybridized carbons (Fsp3) is 0.571. The summed E-state index contributed by atoms with van der Waals surface area (Å²) in [4.78, 5) is 0.357. The van der Waals surface area contributed by atoms with Crippen molar-refractivity contribution in [3.63, 3.8) is 0 Å². The highest BCUT2D eigenvalue weighted by molar-refractivity contribution is 7.89. The number of hydrogen-bond acceptors (Lipinski definition) is 2. The summed E-state index contributed by atoms with van der Waals surface area (Å²) in [6.07, 6.45) is 3.25. The van der Waals surface area contributed by atoms with E-state index >= 15 is 0 Å². The first-order chi connectivity index (χ1) is 8.50. The lowest BCUT2D eigenvalue weighted by Crippen LogP contribution is -2.43. The Morgan fingerprint density at radius 2 is 1.78 bits per heavy atom. The first-order valence-electron chi connectivity index (χ1n) is 6.58. The van der Waals surface area contributed by atoms with E-state index in [1.807, 2.05) is 6.07 Å². The van der Waals surface area contributed by atoms with Crippen molar-refractivity contribution in [3.05, 3.63) is 30.3 Å². The van der Waals surface area contributed by atoms with Crippen LogP contribution in [0.5, 0.6) is 0 Å². The van der Waals surface area contributed by atoms with Crippen molar-refractivity contribution < 1.29 is 8.42 Å². The minimum Gasteiger partial charge on any atom is -0.208 e. The van der Waals surface area contributed by atoms with Crippen LogP contribution in [-0.2, 0) is 10.0 Å². The Morgan fingerprint density at radius 1 is 1.11 bits per heavy atom. The van der Waals surface area contributed by atoms with E-state index in [0.717, 1.165) is 12.8 Å². The van der Waals surface area contributed by atoms with Crippen molar-refractivity contribution >= 4 is 10.0 Å². The van der Waals surface area contributed by atoms with Crippen molar-refractivity contribution in [2.45, 2.75) is 44.0 Å². The predicted octanol–water partition coefficient (Wildman–Crippen LogP) is 2.79. The van der Waals surface area contributed by atoms with E-state index in [-0.39, 0.29) is 6.04 Å². The molecule has 0 spiro atoms. The molecule has 1 saturated carbocycles. The molecule has 100 valence electrons. The molecular weight excluding hydrogens is 246 g/mol. The third-order valence-corrected chi connectivity index (χ3v) is 5.57. The number of rotatable bonds is 3. The fourth-order valence-electron chi connectivity index (χ4n) is 2.62. The molecule has 0 radical (unpaired) electrons. The topological polar surface area (TPSA) is 46.2 Å². The largest absolute Gasteiger partial charge is 0.240 e. The molecule has 0 heterocycles. The van der Waals surface area contributed by atoms with Crippen LogP contribution in [0, 0.1) is 11.8 Å². The maximum atomic E-state index is 12.2. The van der Waals surface area contributed by atoms with E-state index in [1.165, 1.54) is 6.42 Å². The summed E-state index contributed by atoms with van der Waals surface area (Å²) in [6, 6.07) is 8.67. The summed E-state index contributed by atoms with van der Waals surface area (Å²) in [5.41, 5.74) is 0. The molecule has 18 heavy (non-hydrogen) atoms. The zero-order chi connectivity index (χ0) is 13.2. The molecule has 3 atom stereocenters. The van der Waals surface area contributed by atoms with Gasteiger partial charge in [0, 0.05) is 6.04 Å². The van der Waals surface area contributed by atoms with Crippen molar-refractivity contribution in [1.82, 2.24) is 4.72 Å². The van der Waals surface area contributed by atoms with Crippen LogP contribution in [0.3, 0.4) is 0 Å². The summed E-state index contributed by atoms with van der Waals surface area (Å²) < 4.78 is 27.3. The van der Waals surface area contributed by atoms with Gasteiger partial charge in [0.1, 0.15) is 0 Å². The van der Waals surface area contributed by atoms with Crippen LogP contribution < -0.4 is 4.72 Å². The van der Waals surface area contributed by atoms with Gasteiger partial charge in [0.2, 0.25) is 10.0 Å². The lowest BCUT2D eigenvalue weighted by atomic mass is 9.78. The summed E-state index contributed by atoms with van der Waals surface area (Å²) >= 11 is 0. The minimum atomic E-state index is -3.37. The molecule has 1 fully saturated rings. The molecule has 3 nitrogen and oxygen atoms in total. The normalized spacial score (nSPS) is 29.1. The van der Waals surface area contributed by atoms with E-state index in [4.69, 9.17) is 0 Å². The molecular formula is C14H21NO2S. The van der Waals surface area contributed by atoms with Crippen LogP contribution in [0.2, 0.25) is 0 Å². The van der Waals surface area contributed by atoms with E-state index in [9.17, 15) is 8.42 Å². The standard InChI is InChI=1S/C14H21NO2S/c1-11-7-6-10-14(12(11)2)15-18(16,17)13-8-4-3-5-9-13/h3-5,8-9,11-12,14-15H,6-7,10H2,1-2H3/t11-,12+,14-/m1/s1. The molecule has 0 amide bonds. The fourth-order valence-corrected chi connectivity index (χ4v) is 4.00. The van der Waals surface area contributed by atoms with Crippen LogP contribution in [0.1, 0.15) is 33.1 Å². The maximum absolute atomic E-state index is 12.2. The molecule has 1 N–H and O–H groups in total. The number of nitrogens with one attached hydrogen (secondary N) is 1. The molecule has 1 aliphatic carbocycles. The minimum absolute atomic E-state index is 0.0685. The van der Waals surface area contributed by atoms with Gasteiger partial charge < -0.3 is 0 Å². The van der Waals surface area contributed by atoms with Gasteiger partial charge in [-0.05, 0) is 30.4 Å². The summed E-state index contributed by atoms with van der Waals surface area (Å²) in [7, 11) is -3.37. The van der Waals surface area contributed by atoms with E-state index in [0.29, 0.717) is 16.7 Å². The Bertz CT molecular complexity index is 484. The van der Waals surface area contributed by atoms with Gasteiger partial charge >= 0.3 is 0 Å². The smallest absolute Gasteiger partial charge is 0.208 e. The van der Waals surface area contributed by atoms with Crippen molar-refractivity contribution in [3.8, 4) is 0 Å². The van der Waals surface area contributed by atoms with Crippen molar-refractivity contribution in [2.75, 3.05) is 0 Å². The Labute approximate surface area is 110 Å². The molecule has 1 aliphatic rings. The highest BCUT2D eigenvalue weighted by Gasteiger charge is 2.30. The Morgan fingerprint density at radius 3 is 2.44 bits per heavy atom. The molecule has 0 saturated heterocycles. The zero-order valence-corrected chi connectivity index (χ0v) is 11.8. The molecule has 0 aromatic heterocycles. The van der Waals surface area contributed by atoms with E-state index in [1.54, 1.807) is 24.3 Å². The Balaban J connectivity index is 2.13. The second kappa shape index (κ2) is 5.41. The monoisotopic (exact) mass is 267 g/mol. The molecule has 1 aromatic carbocycles. The van der Waals surface area contributed by atoms with Gasteiger partial charge in [-0.1, -0.05) is 44.9 Å². The van der Waals surface area contributed by atoms with Gasteiger partial charge in [0.05, 0.1) is 4.90 Å². The zero-order valence-electron chi connectivity index (χ0n) is 11.0. The number of sulfonamides is 1. The van der Waals surface area contributed by atoms with Crippen LogP contribution >= 0.6 is 0 Å².